The molecule has 0 atom stereocenters. The summed E-state index contributed by atoms with van der Waals surface area (Å²) in [5.74, 6) is 1.76. The van der Waals surface area contributed by atoms with E-state index in [1.54, 1.807) is 0 Å². The van der Waals surface area contributed by atoms with Crippen molar-refractivity contribution < 1.29 is 9.59 Å². The van der Waals surface area contributed by atoms with Gasteiger partial charge in [0.1, 0.15) is 0 Å². The van der Waals surface area contributed by atoms with E-state index in [1.165, 1.54) is 0 Å². The topological polar surface area (TPSA) is 40.6 Å². The molecule has 3 aromatic carbocycles. The molecule has 3 aliphatic rings. The molecule has 0 N–H and O–H groups in total. The Morgan fingerprint density at radius 2 is 1.29 bits per heavy atom. The van der Waals surface area contributed by atoms with E-state index >= 15 is 0 Å². The highest BCUT2D eigenvalue weighted by atomic mass is 35.5. The van der Waals surface area contributed by atoms with Crippen molar-refractivity contribution in [2.24, 2.45) is 11.8 Å². The zero-order chi connectivity index (χ0) is 26.1. The minimum atomic E-state index is -0.370. The number of piperidine rings is 2. The molecule has 3 fully saturated rings. The molecule has 1 saturated carbocycles. The Hall–Kier alpha value is -2.85. The molecule has 2 amide bonds. The van der Waals surface area contributed by atoms with Gasteiger partial charge in [0.2, 0.25) is 5.91 Å². The van der Waals surface area contributed by atoms with Crippen molar-refractivity contribution in [2.45, 2.75) is 56.8 Å². The maximum Gasteiger partial charge on any atom is 0.254 e. The normalized spacial score (nSPS) is 20.7. The molecule has 38 heavy (non-hydrogen) atoms. The highest BCUT2D eigenvalue weighted by Gasteiger charge is 2.45. The summed E-state index contributed by atoms with van der Waals surface area (Å²) in [5, 5.41) is 2.88. The Morgan fingerprint density at radius 1 is 0.711 bits per heavy atom. The van der Waals surface area contributed by atoms with Crippen molar-refractivity contribution in [1.82, 2.24) is 9.80 Å². The first kappa shape index (κ1) is 25.4. The fourth-order valence-corrected chi connectivity index (χ4v) is 7.53. The van der Waals surface area contributed by atoms with Gasteiger partial charge in [0.25, 0.3) is 5.91 Å². The second-order valence-electron chi connectivity index (χ2n) is 11.6. The molecule has 0 radical (unpaired) electrons. The predicted molar refractivity (Wildman–Crippen MR) is 153 cm³/mol. The van der Waals surface area contributed by atoms with Crippen LogP contribution in [0.25, 0.3) is 10.8 Å². The van der Waals surface area contributed by atoms with Gasteiger partial charge < -0.3 is 9.80 Å². The van der Waals surface area contributed by atoms with Crippen LogP contribution in [0.3, 0.4) is 0 Å². The van der Waals surface area contributed by atoms with Crippen LogP contribution in [0.5, 0.6) is 0 Å². The van der Waals surface area contributed by atoms with Crippen LogP contribution < -0.4 is 0 Å². The maximum atomic E-state index is 13.9. The lowest BCUT2D eigenvalue weighted by Crippen LogP contribution is -2.49. The third kappa shape index (κ3) is 4.73. The van der Waals surface area contributed by atoms with Gasteiger partial charge in [-0.05, 0) is 84.9 Å². The molecule has 0 bridgehead atoms. The lowest BCUT2D eigenvalue weighted by Gasteiger charge is -2.42. The zero-order valence-electron chi connectivity index (χ0n) is 22.1. The zero-order valence-corrected chi connectivity index (χ0v) is 22.8. The summed E-state index contributed by atoms with van der Waals surface area (Å²) in [6.07, 6.45) is 8.37. The van der Waals surface area contributed by atoms with E-state index < -0.39 is 0 Å². The Morgan fingerprint density at radius 3 is 1.95 bits per heavy atom. The number of carbonyl (C=O) groups is 2. The molecule has 1 aliphatic carbocycles. The van der Waals surface area contributed by atoms with Gasteiger partial charge in [0, 0.05) is 36.8 Å². The van der Waals surface area contributed by atoms with Crippen LogP contribution in [0, 0.1) is 11.8 Å². The first-order valence-corrected chi connectivity index (χ1v) is 14.8. The van der Waals surface area contributed by atoms with Crippen LogP contribution in [0.1, 0.15) is 67.3 Å². The molecule has 6 rings (SSSR count). The van der Waals surface area contributed by atoms with E-state index in [2.05, 4.69) is 29.2 Å². The van der Waals surface area contributed by atoms with E-state index in [1.807, 2.05) is 47.4 Å². The van der Waals surface area contributed by atoms with Crippen molar-refractivity contribution in [2.75, 3.05) is 26.2 Å². The molecule has 2 aliphatic heterocycles. The van der Waals surface area contributed by atoms with E-state index in [9.17, 15) is 9.59 Å². The third-order valence-corrected chi connectivity index (χ3v) is 9.86. The van der Waals surface area contributed by atoms with Crippen LogP contribution in [-0.2, 0) is 10.2 Å². The van der Waals surface area contributed by atoms with Gasteiger partial charge in [-0.2, -0.15) is 0 Å². The summed E-state index contributed by atoms with van der Waals surface area (Å²) >= 11 is 6.15. The summed E-state index contributed by atoms with van der Waals surface area (Å²) in [5.41, 5.74) is 1.58. The van der Waals surface area contributed by atoms with E-state index in [0.29, 0.717) is 17.7 Å². The lowest BCUT2D eigenvalue weighted by molar-refractivity contribution is -0.139. The van der Waals surface area contributed by atoms with Crippen molar-refractivity contribution in [3.05, 3.63) is 82.9 Å². The molecule has 0 spiro atoms. The summed E-state index contributed by atoms with van der Waals surface area (Å²) < 4.78 is 0. The lowest BCUT2D eigenvalue weighted by atomic mass is 9.75. The Kier molecular flexibility index (Phi) is 7.18. The average Bonchev–Trinajstić information content (AvgIpc) is 3.48. The second kappa shape index (κ2) is 10.7. The molecule has 2 heterocycles. The monoisotopic (exact) mass is 528 g/mol. The molecular weight excluding hydrogens is 492 g/mol. The highest BCUT2D eigenvalue weighted by molar-refractivity contribution is 6.30. The smallest absolute Gasteiger partial charge is 0.254 e. The van der Waals surface area contributed by atoms with Crippen LogP contribution >= 0.6 is 11.6 Å². The molecule has 198 valence electrons. The highest BCUT2D eigenvalue weighted by Crippen LogP contribution is 2.44. The van der Waals surface area contributed by atoms with Crippen molar-refractivity contribution in [1.29, 1.82) is 0 Å². The van der Waals surface area contributed by atoms with Crippen molar-refractivity contribution in [3.63, 3.8) is 0 Å². The van der Waals surface area contributed by atoms with Crippen LogP contribution in [-0.4, -0.2) is 47.8 Å². The predicted octanol–water partition coefficient (Wildman–Crippen LogP) is 7.10. The molecule has 4 nitrogen and oxygen atoms in total. The average molecular weight is 529 g/mol. The first-order chi connectivity index (χ1) is 18.5. The Bertz CT molecular complexity index is 1290. The van der Waals surface area contributed by atoms with E-state index in [-0.39, 0.29) is 11.3 Å². The SMILES string of the molecule is O=C(c1cccc2ccccc12)N1CCC(C2CCN(C(=O)C3(c4ccc(Cl)cc4)CCCC3)CC2)CC1. The first-order valence-electron chi connectivity index (χ1n) is 14.4. The largest absolute Gasteiger partial charge is 0.342 e. The quantitative estimate of drug-likeness (QED) is 0.362. The number of carbonyl (C=O) groups excluding carboxylic acids is 2. The summed E-state index contributed by atoms with van der Waals surface area (Å²) in [6, 6.07) is 22.1. The van der Waals surface area contributed by atoms with Crippen molar-refractivity contribution in [3.8, 4) is 0 Å². The standard InChI is InChI=1S/C33H37ClN2O2/c34-28-12-10-27(11-13-28)33(18-3-4-19-33)32(38)36-22-16-25(17-23-36)24-14-20-35(21-15-24)31(37)30-9-5-7-26-6-1-2-8-29(26)30/h1-2,5-13,24-25H,3-4,14-23H2. The van der Waals surface area contributed by atoms with Crippen molar-refractivity contribution >= 4 is 34.2 Å². The molecule has 3 aromatic rings. The Balaban J connectivity index is 1.06. The number of hydrogen-bond acceptors (Lipinski definition) is 2. The van der Waals surface area contributed by atoms with E-state index in [0.717, 1.165) is 104 Å². The second-order valence-corrected chi connectivity index (χ2v) is 12.0. The van der Waals surface area contributed by atoms with Crippen LogP contribution in [0.2, 0.25) is 5.02 Å². The molecular formula is C33H37ClN2O2. The number of fused-ring (bicyclic) bond motifs is 1. The number of amides is 2. The van der Waals surface area contributed by atoms with Gasteiger partial charge >= 0.3 is 0 Å². The molecule has 0 unspecified atom stereocenters. The minimum absolute atomic E-state index is 0.157. The number of halogens is 1. The maximum absolute atomic E-state index is 13.9. The third-order valence-electron chi connectivity index (χ3n) is 9.60. The number of benzene rings is 3. The number of nitrogens with zero attached hydrogens (tertiary/aromatic N) is 2. The van der Waals surface area contributed by atoms with Crippen LogP contribution in [0.4, 0.5) is 0 Å². The van der Waals surface area contributed by atoms with Gasteiger partial charge in [-0.3, -0.25) is 9.59 Å². The molecule has 2 saturated heterocycles. The fraction of sp³-hybridized carbons (Fsp3) is 0.455. The summed E-state index contributed by atoms with van der Waals surface area (Å²) in [4.78, 5) is 31.5. The summed E-state index contributed by atoms with van der Waals surface area (Å²) in [6.45, 7) is 3.36. The van der Waals surface area contributed by atoms with Gasteiger partial charge in [0.15, 0.2) is 0 Å². The minimum Gasteiger partial charge on any atom is -0.342 e. The van der Waals surface area contributed by atoms with Gasteiger partial charge in [-0.25, -0.2) is 0 Å². The fourth-order valence-electron chi connectivity index (χ4n) is 7.41. The number of likely N-dealkylation sites (tertiary alicyclic amines) is 2. The summed E-state index contributed by atoms with van der Waals surface area (Å²) in [7, 11) is 0. The van der Waals surface area contributed by atoms with Gasteiger partial charge in [-0.15, -0.1) is 0 Å². The Labute approximate surface area is 231 Å². The number of hydrogen-bond donors (Lipinski definition) is 0. The van der Waals surface area contributed by atoms with E-state index in [4.69, 9.17) is 11.6 Å². The van der Waals surface area contributed by atoms with Crippen LogP contribution in [0.15, 0.2) is 66.7 Å². The van der Waals surface area contributed by atoms with Gasteiger partial charge in [0.05, 0.1) is 5.41 Å². The van der Waals surface area contributed by atoms with Gasteiger partial charge in [-0.1, -0.05) is 73.0 Å². The number of rotatable bonds is 4. The molecule has 5 heteroatoms. The molecule has 0 aromatic heterocycles.